The van der Waals surface area contributed by atoms with E-state index in [2.05, 4.69) is 6.92 Å². The van der Waals surface area contributed by atoms with Gasteiger partial charge in [-0.25, -0.2) is 0 Å². The number of carbonyl (C=O) groups is 1. The number of ether oxygens (including phenoxy) is 1. The topological polar surface area (TPSA) is 26.3 Å². The van der Waals surface area contributed by atoms with Gasteiger partial charge in [0.2, 0.25) is 0 Å². The van der Waals surface area contributed by atoms with Crippen LogP contribution in [0.5, 0.6) is 0 Å². The number of alkyl halides is 1. The first-order valence-corrected chi connectivity index (χ1v) is 6.50. The van der Waals surface area contributed by atoms with Crippen LogP contribution in [0.3, 0.4) is 0 Å². The van der Waals surface area contributed by atoms with Crippen LogP contribution in [-0.2, 0) is 9.53 Å². The molecule has 1 aliphatic carbocycles. The smallest absolute Gasteiger partial charge is 0.308 e. The molecule has 1 fully saturated rings. The van der Waals surface area contributed by atoms with Crippen molar-refractivity contribution in [1.29, 1.82) is 0 Å². The van der Waals surface area contributed by atoms with E-state index in [-0.39, 0.29) is 18.6 Å². The maximum atomic E-state index is 12.1. The van der Waals surface area contributed by atoms with Gasteiger partial charge in [0, 0.05) is 0 Å². The Morgan fingerprint density at radius 1 is 1.31 bits per heavy atom. The van der Waals surface area contributed by atoms with E-state index in [9.17, 15) is 9.18 Å². The molecule has 0 aromatic rings. The summed E-state index contributed by atoms with van der Waals surface area (Å²) >= 11 is 0. The molecule has 0 unspecified atom stereocenters. The molecule has 1 aliphatic rings. The van der Waals surface area contributed by atoms with Gasteiger partial charge in [-0.05, 0) is 44.4 Å². The number of carbonyl (C=O) groups excluding carboxylic acids is 1. The second kappa shape index (κ2) is 7.64. The van der Waals surface area contributed by atoms with Gasteiger partial charge in [-0.2, -0.15) is 0 Å². The summed E-state index contributed by atoms with van der Waals surface area (Å²) in [4.78, 5) is 11.6. The molecule has 0 saturated heterocycles. The van der Waals surface area contributed by atoms with Gasteiger partial charge in [-0.1, -0.05) is 13.3 Å². The van der Waals surface area contributed by atoms with Crippen molar-refractivity contribution >= 4 is 5.97 Å². The summed E-state index contributed by atoms with van der Waals surface area (Å²) in [6.07, 6.45) is 6.40. The minimum Gasteiger partial charge on any atom is -0.465 e. The monoisotopic (exact) mass is 230 g/mol. The Labute approximate surface area is 97.6 Å². The maximum absolute atomic E-state index is 12.1. The lowest BCUT2D eigenvalue weighted by Crippen LogP contribution is -2.24. The summed E-state index contributed by atoms with van der Waals surface area (Å²) in [6.45, 7) is 2.41. The Balaban J connectivity index is 2.17. The van der Waals surface area contributed by atoms with Gasteiger partial charge in [0.05, 0.1) is 19.2 Å². The molecule has 0 radical (unpaired) electrons. The molecular formula is C13H23FO2. The number of unbranched alkanes of at least 4 members (excludes halogenated alkanes) is 1. The lowest BCUT2D eigenvalue weighted by molar-refractivity contribution is -0.150. The third kappa shape index (κ3) is 4.50. The standard InChI is InChI=1S/C13H23FO2/c1-2-3-10-16-13(15)12-6-4-11(5-7-12)8-9-14/h11-12H,2-10H2,1H3. The molecule has 0 amide bonds. The summed E-state index contributed by atoms with van der Waals surface area (Å²) in [6, 6.07) is 0. The molecule has 0 heterocycles. The SMILES string of the molecule is CCCCOC(=O)C1CCC(CCF)CC1. The minimum atomic E-state index is -0.226. The normalized spacial score (nSPS) is 25.4. The molecule has 0 aliphatic heterocycles. The number of esters is 1. The van der Waals surface area contributed by atoms with Crippen molar-refractivity contribution in [3.63, 3.8) is 0 Å². The zero-order valence-electron chi connectivity index (χ0n) is 10.2. The highest BCUT2D eigenvalue weighted by Crippen LogP contribution is 2.31. The molecule has 0 bridgehead atoms. The van der Waals surface area contributed by atoms with Crippen LogP contribution in [0.4, 0.5) is 4.39 Å². The van der Waals surface area contributed by atoms with E-state index in [1.165, 1.54) is 0 Å². The highest BCUT2D eigenvalue weighted by atomic mass is 19.1. The van der Waals surface area contributed by atoms with Gasteiger partial charge in [0.1, 0.15) is 0 Å². The van der Waals surface area contributed by atoms with E-state index >= 15 is 0 Å². The van der Waals surface area contributed by atoms with Crippen molar-refractivity contribution in [2.24, 2.45) is 11.8 Å². The first-order valence-electron chi connectivity index (χ1n) is 6.50. The van der Waals surface area contributed by atoms with Crippen LogP contribution in [0, 0.1) is 11.8 Å². The van der Waals surface area contributed by atoms with Crippen LogP contribution in [0.15, 0.2) is 0 Å². The quantitative estimate of drug-likeness (QED) is 0.515. The molecule has 0 atom stereocenters. The van der Waals surface area contributed by atoms with E-state index < -0.39 is 0 Å². The molecule has 94 valence electrons. The fourth-order valence-corrected chi connectivity index (χ4v) is 2.28. The van der Waals surface area contributed by atoms with E-state index in [0.717, 1.165) is 38.5 Å². The summed E-state index contributed by atoms with van der Waals surface area (Å²) < 4.78 is 17.4. The third-order valence-electron chi connectivity index (χ3n) is 3.44. The average Bonchev–Trinajstić information content (AvgIpc) is 2.30. The van der Waals surface area contributed by atoms with E-state index in [1.807, 2.05) is 0 Å². The van der Waals surface area contributed by atoms with Crippen LogP contribution in [0.25, 0.3) is 0 Å². The van der Waals surface area contributed by atoms with Gasteiger partial charge >= 0.3 is 5.97 Å². The fraction of sp³-hybridized carbons (Fsp3) is 0.923. The predicted molar refractivity (Wildman–Crippen MR) is 61.9 cm³/mol. The Morgan fingerprint density at radius 2 is 2.00 bits per heavy atom. The molecule has 16 heavy (non-hydrogen) atoms. The molecule has 0 N–H and O–H groups in total. The van der Waals surface area contributed by atoms with Crippen LogP contribution in [0.1, 0.15) is 51.9 Å². The van der Waals surface area contributed by atoms with Gasteiger partial charge in [-0.3, -0.25) is 9.18 Å². The molecule has 0 aromatic heterocycles. The van der Waals surface area contributed by atoms with Crippen LogP contribution in [-0.4, -0.2) is 19.3 Å². The number of rotatable bonds is 6. The predicted octanol–water partition coefficient (Wildman–Crippen LogP) is 3.50. The molecular weight excluding hydrogens is 207 g/mol. The largest absolute Gasteiger partial charge is 0.465 e. The molecule has 3 heteroatoms. The second-order valence-corrected chi connectivity index (χ2v) is 4.72. The Kier molecular flexibility index (Phi) is 6.43. The van der Waals surface area contributed by atoms with Crippen molar-refractivity contribution < 1.29 is 13.9 Å². The Morgan fingerprint density at radius 3 is 2.56 bits per heavy atom. The van der Waals surface area contributed by atoms with Crippen molar-refractivity contribution in [3.8, 4) is 0 Å². The zero-order chi connectivity index (χ0) is 11.8. The van der Waals surface area contributed by atoms with Gasteiger partial charge in [0.15, 0.2) is 0 Å². The molecule has 1 saturated carbocycles. The molecule has 0 aromatic carbocycles. The second-order valence-electron chi connectivity index (χ2n) is 4.72. The van der Waals surface area contributed by atoms with Crippen molar-refractivity contribution in [3.05, 3.63) is 0 Å². The first-order chi connectivity index (χ1) is 7.77. The minimum absolute atomic E-state index is 0.0350. The molecule has 0 spiro atoms. The highest BCUT2D eigenvalue weighted by molar-refractivity contribution is 5.72. The van der Waals surface area contributed by atoms with Gasteiger partial charge in [0.25, 0.3) is 0 Å². The summed E-state index contributed by atoms with van der Waals surface area (Å²) in [5, 5.41) is 0. The average molecular weight is 230 g/mol. The maximum Gasteiger partial charge on any atom is 0.308 e. The van der Waals surface area contributed by atoms with Crippen molar-refractivity contribution in [1.82, 2.24) is 0 Å². The zero-order valence-corrected chi connectivity index (χ0v) is 10.2. The highest BCUT2D eigenvalue weighted by Gasteiger charge is 2.26. The lowest BCUT2D eigenvalue weighted by atomic mass is 9.81. The number of hydrogen-bond acceptors (Lipinski definition) is 2. The number of hydrogen-bond donors (Lipinski definition) is 0. The summed E-state index contributed by atoms with van der Waals surface area (Å²) in [5.41, 5.74) is 0. The van der Waals surface area contributed by atoms with Crippen molar-refractivity contribution in [2.75, 3.05) is 13.3 Å². The number of halogens is 1. The molecule has 2 nitrogen and oxygen atoms in total. The Bertz CT molecular complexity index is 198. The van der Waals surface area contributed by atoms with Crippen LogP contribution >= 0.6 is 0 Å². The van der Waals surface area contributed by atoms with Gasteiger partial charge < -0.3 is 4.74 Å². The first kappa shape index (κ1) is 13.5. The van der Waals surface area contributed by atoms with E-state index in [0.29, 0.717) is 18.9 Å². The fourth-order valence-electron chi connectivity index (χ4n) is 2.28. The van der Waals surface area contributed by atoms with E-state index in [1.54, 1.807) is 0 Å². The van der Waals surface area contributed by atoms with Crippen LogP contribution in [0.2, 0.25) is 0 Å². The Hall–Kier alpha value is -0.600. The molecule has 1 rings (SSSR count). The van der Waals surface area contributed by atoms with Gasteiger partial charge in [-0.15, -0.1) is 0 Å². The summed E-state index contributed by atoms with van der Waals surface area (Å²) in [5.74, 6) is 0.532. The van der Waals surface area contributed by atoms with Crippen molar-refractivity contribution in [2.45, 2.75) is 51.9 Å². The van der Waals surface area contributed by atoms with Crippen LogP contribution < -0.4 is 0 Å². The lowest BCUT2D eigenvalue weighted by Gasteiger charge is -2.26. The van der Waals surface area contributed by atoms with E-state index in [4.69, 9.17) is 4.74 Å². The summed E-state index contributed by atoms with van der Waals surface area (Å²) in [7, 11) is 0. The third-order valence-corrected chi connectivity index (χ3v) is 3.44.